The fraction of sp³-hybridized carbons (Fsp3) is 0.150. The molecule has 0 radical (unpaired) electrons. The van der Waals surface area contributed by atoms with E-state index in [2.05, 4.69) is 70.6 Å². The average Bonchev–Trinajstić information content (AvgIpc) is 3.17. The highest BCUT2D eigenvalue weighted by atomic mass is 15.3. The maximum absolute atomic E-state index is 4.44. The first-order chi connectivity index (χ1) is 12.2. The molecule has 1 atom stereocenters. The van der Waals surface area contributed by atoms with Crippen molar-refractivity contribution in [1.29, 1.82) is 0 Å². The number of fused-ring (bicyclic) bond motifs is 1. The van der Waals surface area contributed by atoms with Crippen molar-refractivity contribution in [2.75, 3.05) is 5.32 Å². The highest BCUT2D eigenvalue weighted by Gasteiger charge is 2.10. The van der Waals surface area contributed by atoms with Crippen LogP contribution >= 0.6 is 0 Å². The third kappa shape index (κ3) is 3.08. The Bertz CT molecular complexity index is 990. The Morgan fingerprint density at radius 3 is 2.64 bits per heavy atom. The summed E-state index contributed by atoms with van der Waals surface area (Å²) in [6.45, 7) is 4.21. The average molecular weight is 329 g/mol. The van der Waals surface area contributed by atoms with E-state index in [1.165, 1.54) is 11.1 Å². The third-order valence-corrected chi connectivity index (χ3v) is 4.31. The van der Waals surface area contributed by atoms with Gasteiger partial charge in [-0.25, -0.2) is 14.6 Å². The molecule has 0 spiro atoms. The monoisotopic (exact) mass is 329 g/mol. The van der Waals surface area contributed by atoms with Gasteiger partial charge >= 0.3 is 0 Å². The van der Waals surface area contributed by atoms with Gasteiger partial charge in [0.1, 0.15) is 12.1 Å². The van der Waals surface area contributed by atoms with Gasteiger partial charge in [-0.2, -0.15) is 5.10 Å². The second kappa shape index (κ2) is 6.36. The maximum Gasteiger partial charge on any atom is 0.137 e. The summed E-state index contributed by atoms with van der Waals surface area (Å²) in [5, 5.41) is 8.81. The van der Waals surface area contributed by atoms with E-state index in [-0.39, 0.29) is 6.04 Å². The Morgan fingerprint density at radius 1 is 1.04 bits per heavy atom. The summed E-state index contributed by atoms with van der Waals surface area (Å²) >= 11 is 0. The Kier molecular flexibility index (Phi) is 3.90. The number of hydrogen-bond donors (Lipinski definition) is 1. The lowest BCUT2D eigenvalue weighted by molar-refractivity contribution is 0.859. The van der Waals surface area contributed by atoms with Gasteiger partial charge in [0.25, 0.3) is 0 Å². The Labute approximate surface area is 146 Å². The number of aryl methyl sites for hydroxylation is 1. The summed E-state index contributed by atoms with van der Waals surface area (Å²) in [5.74, 6) is 0.859. The maximum atomic E-state index is 4.44. The van der Waals surface area contributed by atoms with Crippen LogP contribution in [0.5, 0.6) is 0 Å². The molecule has 25 heavy (non-hydrogen) atoms. The van der Waals surface area contributed by atoms with Gasteiger partial charge in [-0.1, -0.05) is 23.8 Å². The quantitative estimate of drug-likeness (QED) is 0.606. The summed E-state index contributed by atoms with van der Waals surface area (Å²) in [6.07, 6.45) is 5.32. The predicted molar refractivity (Wildman–Crippen MR) is 99.9 cm³/mol. The molecule has 4 rings (SSSR count). The molecule has 1 unspecified atom stereocenters. The number of nitrogens with zero attached hydrogens (tertiary/aromatic N) is 4. The van der Waals surface area contributed by atoms with Gasteiger partial charge in [-0.3, -0.25) is 0 Å². The first kappa shape index (κ1) is 15.3. The topological polar surface area (TPSA) is 55.6 Å². The first-order valence-electron chi connectivity index (χ1n) is 8.28. The van der Waals surface area contributed by atoms with Crippen LogP contribution in [0, 0.1) is 6.92 Å². The zero-order valence-corrected chi connectivity index (χ0v) is 14.2. The molecule has 0 aliphatic carbocycles. The van der Waals surface area contributed by atoms with E-state index in [9.17, 15) is 0 Å². The van der Waals surface area contributed by atoms with Crippen molar-refractivity contribution >= 4 is 16.7 Å². The summed E-state index contributed by atoms with van der Waals surface area (Å²) < 4.78 is 1.85. The zero-order chi connectivity index (χ0) is 17.2. The van der Waals surface area contributed by atoms with Crippen molar-refractivity contribution < 1.29 is 0 Å². The molecule has 2 aromatic heterocycles. The Hall–Kier alpha value is -3.21. The van der Waals surface area contributed by atoms with Crippen molar-refractivity contribution in [2.24, 2.45) is 0 Å². The number of aromatic nitrogens is 4. The summed E-state index contributed by atoms with van der Waals surface area (Å²) in [6, 6.07) is 16.6. The fourth-order valence-electron chi connectivity index (χ4n) is 2.91. The molecule has 2 aromatic carbocycles. The molecular formula is C20H19N5. The normalized spacial score (nSPS) is 12.2. The van der Waals surface area contributed by atoms with Crippen LogP contribution in [0.1, 0.15) is 24.1 Å². The van der Waals surface area contributed by atoms with Crippen LogP contribution in [0.25, 0.3) is 16.6 Å². The molecule has 1 N–H and O–H groups in total. The molecule has 5 heteroatoms. The van der Waals surface area contributed by atoms with Gasteiger partial charge in [-0.05, 0) is 49.7 Å². The molecule has 124 valence electrons. The van der Waals surface area contributed by atoms with Crippen LogP contribution in [-0.4, -0.2) is 19.7 Å². The number of hydrogen-bond acceptors (Lipinski definition) is 4. The van der Waals surface area contributed by atoms with Crippen molar-refractivity contribution in [3.05, 3.63) is 78.4 Å². The summed E-state index contributed by atoms with van der Waals surface area (Å²) in [4.78, 5) is 8.78. The van der Waals surface area contributed by atoms with Gasteiger partial charge in [0.15, 0.2) is 0 Å². The lowest BCUT2D eigenvalue weighted by Crippen LogP contribution is -2.09. The Balaban J connectivity index is 1.60. The molecule has 0 saturated carbocycles. The van der Waals surface area contributed by atoms with Crippen molar-refractivity contribution in [3.63, 3.8) is 0 Å². The first-order valence-corrected chi connectivity index (χ1v) is 8.28. The van der Waals surface area contributed by atoms with E-state index < -0.39 is 0 Å². The van der Waals surface area contributed by atoms with E-state index in [4.69, 9.17) is 0 Å². The molecule has 5 nitrogen and oxygen atoms in total. The van der Waals surface area contributed by atoms with E-state index in [0.29, 0.717) is 0 Å². The van der Waals surface area contributed by atoms with Crippen molar-refractivity contribution in [1.82, 2.24) is 19.7 Å². The van der Waals surface area contributed by atoms with E-state index in [1.807, 2.05) is 23.0 Å². The highest BCUT2D eigenvalue weighted by Crippen LogP contribution is 2.25. The Morgan fingerprint density at radius 2 is 1.88 bits per heavy atom. The minimum Gasteiger partial charge on any atom is -0.363 e. The van der Waals surface area contributed by atoms with Crippen LogP contribution in [0.4, 0.5) is 5.82 Å². The molecule has 0 amide bonds. The number of rotatable bonds is 4. The van der Waals surface area contributed by atoms with Gasteiger partial charge < -0.3 is 5.32 Å². The summed E-state index contributed by atoms with van der Waals surface area (Å²) in [7, 11) is 0. The van der Waals surface area contributed by atoms with Crippen molar-refractivity contribution in [2.45, 2.75) is 19.9 Å². The summed E-state index contributed by atoms with van der Waals surface area (Å²) in [5.41, 5.74) is 4.38. The van der Waals surface area contributed by atoms with Crippen molar-refractivity contribution in [3.8, 4) is 5.69 Å². The molecule has 0 fully saturated rings. The van der Waals surface area contributed by atoms with Crippen LogP contribution in [-0.2, 0) is 0 Å². The van der Waals surface area contributed by atoms with Crippen LogP contribution in [0.3, 0.4) is 0 Å². The standard InChI is InChI=1S/C20H19N5/c1-14-4-9-19-18(12-14)20(22-13-21-19)24-15(2)16-5-7-17(8-6-16)25-11-3-10-23-25/h3-13,15H,1-2H3,(H,21,22,24). The molecule has 0 aliphatic rings. The molecule has 0 aliphatic heterocycles. The molecule has 0 saturated heterocycles. The third-order valence-electron chi connectivity index (χ3n) is 4.31. The van der Waals surface area contributed by atoms with E-state index in [0.717, 1.165) is 22.4 Å². The largest absolute Gasteiger partial charge is 0.363 e. The van der Waals surface area contributed by atoms with Gasteiger partial charge in [0.05, 0.1) is 11.2 Å². The van der Waals surface area contributed by atoms with Gasteiger partial charge in [0, 0.05) is 23.8 Å². The van der Waals surface area contributed by atoms with Crippen LogP contribution in [0.2, 0.25) is 0 Å². The lowest BCUT2D eigenvalue weighted by atomic mass is 10.1. The predicted octanol–water partition coefficient (Wildman–Crippen LogP) is 4.30. The van der Waals surface area contributed by atoms with Gasteiger partial charge in [0.2, 0.25) is 0 Å². The molecule has 2 heterocycles. The zero-order valence-electron chi connectivity index (χ0n) is 14.2. The lowest BCUT2D eigenvalue weighted by Gasteiger charge is -2.17. The molecule has 0 bridgehead atoms. The van der Waals surface area contributed by atoms with E-state index in [1.54, 1.807) is 12.5 Å². The highest BCUT2D eigenvalue weighted by molar-refractivity contribution is 5.89. The number of anilines is 1. The van der Waals surface area contributed by atoms with E-state index >= 15 is 0 Å². The minimum atomic E-state index is 0.130. The minimum absolute atomic E-state index is 0.130. The smallest absolute Gasteiger partial charge is 0.137 e. The second-order valence-electron chi connectivity index (χ2n) is 6.15. The van der Waals surface area contributed by atoms with Crippen LogP contribution < -0.4 is 5.32 Å². The number of benzene rings is 2. The van der Waals surface area contributed by atoms with Crippen LogP contribution in [0.15, 0.2) is 67.3 Å². The van der Waals surface area contributed by atoms with Gasteiger partial charge in [-0.15, -0.1) is 0 Å². The molecule has 4 aromatic rings. The SMILES string of the molecule is Cc1ccc2ncnc(NC(C)c3ccc(-n4cccn4)cc3)c2c1. The number of nitrogens with one attached hydrogen (secondary N) is 1. The second-order valence-corrected chi connectivity index (χ2v) is 6.15. The molecular weight excluding hydrogens is 310 g/mol. The fourth-order valence-corrected chi connectivity index (χ4v) is 2.91.